The van der Waals surface area contributed by atoms with Crippen molar-refractivity contribution in [2.75, 3.05) is 19.6 Å². The van der Waals surface area contributed by atoms with E-state index in [0.29, 0.717) is 16.7 Å². The Labute approximate surface area is 187 Å². The molecule has 1 aliphatic heterocycles. The molecule has 0 saturated carbocycles. The number of likely N-dealkylation sites (tertiary alicyclic amines) is 1. The normalized spacial score (nSPS) is 15.2. The molecule has 3 heterocycles. The molecule has 162 valence electrons. The monoisotopic (exact) mass is 436 g/mol. The van der Waals surface area contributed by atoms with Gasteiger partial charge in [0.25, 0.3) is 5.91 Å². The van der Waals surface area contributed by atoms with E-state index in [2.05, 4.69) is 40.1 Å². The van der Waals surface area contributed by atoms with Crippen molar-refractivity contribution in [3.05, 3.63) is 65.7 Å². The van der Waals surface area contributed by atoms with E-state index in [-0.39, 0.29) is 11.9 Å². The second-order valence-electron chi connectivity index (χ2n) is 8.06. The molecule has 2 aromatic heterocycles. The molecule has 1 fully saturated rings. The minimum Gasteiger partial charge on any atom is -0.451 e. The molecule has 1 N–H and O–H groups in total. The van der Waals surface area contributed by atoms with Crippen LogP contribution in [0.4, 0.5) is 0 Å². The van der Waals surface area contributed by atoms with E-state index < -0.39 is 0 Å². The van der Waals surface area contributed by atoms with E-state index in [1.54, 1.807) is 18.5 Å². The number of carbonyl (C=O) groups excluding carboxylic acids is 1. The van der Waals surface area contributed by atoms with Gasteiger partial charge in [0.05, 0.1) is 0 Å². The Hall–Kier alpha value is -2.64. The van der Waals surface area contributed by atoms with E-state index in [0.717, 1.165) is 49.0 Å². The van der Waals surface area contributed by atoms with Crippen LogP contribution in [-0.4, -0.2) is 46.5 Å². The molecule has 0 bridgehead atoms. The minimum atomic E-state index is -0.136. The zero-order chi connectivity index (χ0) is 21.6. The fourth-order valence-corrected chi connectivity index (χ4v) is 4.58. The largest absolute Gasteiger partial charge is 0.451 e. The molecule has 0 aliphatic carbocycles. The van der Waals surface area contributed by atoms with Gasteiger partial charge < -0.3 is 9.73 Å². The lowest BCUT2D eigenvalue weighted by atomic mass is 10.0. The van der Waals surface area contributed by atoms with Crippen molar-refractivity contribution in [1.82, 2.24) is 20.2 Å². The van der Waals surface area contributed by atoms with Crippen molar-refractivity contribution in [1.29, 1.82) is 0 Å². The molecule has 0 atom stereocenters. The second-order valence-corrected chi connectivity index (χ2v) is 9.00. The molecular formula is C24H28N4O2S. The maximum absolute atomic E-state index is 13.1. The standard InChI is InChI=1S/C24H28N4O2S/c1-17(2)8-13-28-14-9-18(10-15-28)27-23(29)22-20(16-31-24-25-11-5-12-26-24)19-6-3-4-7-21(19)30-22/h3-8,11-12,18H,9-10,13-16H2,1-2H3,(H,27,29). The fourth-order valence-electron chi connectivity index (χ4n) is 3.74. The van der Waals surface area contributed by atoms with Gasteiger partial charge in [0.15, 0.2) is 10.9 Å². The van der Waals surface area contributed by atoms with Gasteiger partial charge in [-0.05, 0) is 38.8 Å². The number of nitrogens with one attached hydrogen (secondary N) is 1. The third-order valence-electron chi connectivity index (χ3n) is 5.47. The van der Waals surface area contributed by atoms with E-state index in [4.69, 9.17) is 4.42 Å². The highest BCUT2D eigenvalue weighted by Gasteiger charge is 2.25. The Balaban J connectivity index is 1.45. The van der Waals surface area contributed by atoms with Crippen molar-refractivity contribution in [2.24, 2.45) is 0 Å². The van der Waals surface area contributed by atoms with E-state index in [1.165, 1.54) is 17.3 Å². The molecule has 4 rings (SSSR count). The predicted molar refractivity (Wildman–Crippen MR) is 124 cm³/mol. The number of carbonyl (C=O) groups is 1. The number of thioether (sulfide) groups is 1. The van der Waals surface area contributed by atoms with Gasteiger partial charge in [-0.25, -0.2) is 9.97 Å². The summed E-state index contributed by atoms with van der Waals surface area (Å²) < 4.78 is 5.99. The molecule has 1 aromatic carbocycles. The summed E-state index contributed by atoms with van der Waals surface area (Å²) in [6, 6.07) is 9.75. The first-order valence-corrected chi connectivity index (χ1v) is 11.7. The molecule has 7 heteroatoms. The number of fused-ring (bicyclic) bond motifs is 1. The molecule has 3 aromatic rings. The van der Waals surface area contributed by atoms with Gasteiger partial charge in [-0.1, -0.05) is 41.6 Å². The summed E-state index contributed by atoms with van der Waals surface area (Å²) >= 11 is 1.50. The molecule has 0 radical (unpaired) electrons. The average molecular weight is 437 g/mol. The average Bonchev–Trinajstić information content (AvgIpc) is 3.17. The Morgan fingerprint density at radius 3 is 2.68 bits per heavy atom. The molecule has 31 heavy (non-hydrogen) atoms. The van der Waals surface area contributed by atoms with Gasteiger partial charge in [0.2, 0.25) is 0 Å². The van der Waals surface area contributed by atoms with Gasteiger partial charge in [-0.3, -0.25) is 9.69 Å². The number of benzene rings is 1. The predicted octanol–water partition coefficient (Wildman–Crippen LogP) is 4.68. The summed E-state index contributed by atoms with van der Waals surface area (Å²) in [5, 5.41) is 4.85. The van der Waals surface area contributed by atoms with Crippen LogP contribution in [0.3, 0.4) is 0 Å². The SMILES string of the molecule is CC(C)=CCN1CCC(NC(=O)c2oc3ccccc3c2CSc2ncccn2)CC1. The van der Waals surface area contributed by atoms with E-state index in [9.17, 15) is 4.79 Å². The van der Waals surface area contributed by atoms with Crippen molar-refractivity contribution >= 4 is 28.6 Å². The maximum atomic E-state index is 13.1. The second kappa shape index (κ2) is 10.1. The first kappa shape index (κ1) is 21.6. The van der Waals surface area contributed by atoms with E-state index >= 15 is 0 Å². The first-order valence-electron chi connectivity index (χ1n) is 10.7. The van der Waals surface area contributed by atoms with Crippen LogP contribution in [0.5, 0.6) is 0 Å². The van der Waals surface area contributed by atoms with Gasteiger partial charge in [0.1, 0.15) is 5.58 Å². The highest BCUT2D eigenvalue weighted by molar-refractivity contribution is 7.98. The van der Waals surface area contributed by atoms with Gasteiger partial charge in [0, 0.05) is 54.8 Å². The van der Waals surface area contributed by atoms with Crippen molar-refractivity contribution in [3.63, 3.8) is 0 Å². The van der Waals surface area contributed by atoms with Gasteiger partial charge in [-0.15, -0.1) is 0 Å². The zero-order valence-corrected chi connectivity index (χ0v) is 18.8. The third kappa shape index (κ3) is 5.54. The number of nitrogens with zero attached hydrogens (tertiary/aromatic N) is 3. The summed E-state index contributed by atoms with van der Waals surface area (Å²) in [6.07, 6.45) is 7.60. The molecule has 1 amide bonds. The maximum Gasteiger partial charge on any atom is 0.287 e. The minimum absolute atomic E-state index is 0.136. The van der Waals surface area contributed by atoms with Crippen molar-refractivity contribution < 1.29 is 9.21 Å². The van der Waals surface area contributed by atoms with Crippen LogP contribution in [0.15, 0.2) is 63.9 Å². The van der Waals surface area contributed by atoms with Crippen LogP contribution in [0.2, 0.25) is 0 Å². The zero-order valence-electron chi connectivity index (χ0n) is 18.0. The third-order valence-corrected chi connectivity index (χ3v) is 6.37. The quantitative estimate of drug-likeness (QED) is 0.330. The lowest BCUT2D eigenvalue weighted by molar-refractivity contribution is 0.0887. The molecule has 6 nitrogen and oxygen atoms in total. The lowest BCUT2D eigenvalue weighted by Crippen LogP contribution is -2.44. The van der Waals surface area contributed by atoms with Gasteiger partial charge in [-0.2, -0.15) is 0 Å². The molecular weight excluding hydrogens is 408 g/mol. The van der Waals surface area contributed by atoms with Crippen molar-refractivity contribution in [3.8, 4) is 0 Å². The number of hydrogen-bond acceptors (Lipinski definition) is 6. The Kier molecular flexibility index (Phi) is 7.04. The van der Waals surface area contributed by atoms with Crippen LogP contribution < -0.4 is 5.32 Å². The first-order chi connectivity index (χ1) is 15.1. The Morgan fingerprint density at radius 1 is 1.19 bits per heavy atom. The van der Waals surface area contributed by atoms with Crippen LogP contribution >= 0.6 is 11.8 Å². The number of furan rings is 1. The van der Waals surface area contributed by atoms with Crippen LogP contribution in [0, 0.1) is 0 Å². The highest BCUT2D eigenvalue weighted by Crippen LogP contribution is 2.31. The number of para-hydroxylation sites is 1. The molecule has 0 unspecified atom stereocenters. The summed E-state index contributed by atoms with van der Waals surface area (Å²) in [5.74, 6) is 0.838. The van der Waals surface area contributed by atoms with Crippen LogP contribution in [-0.2, 0) is 5.75 Å². The number of allylic oxidation sites excluding steroid dienone is 1. The topological polar surface area (TPSA) is 71.3 Å². The molecule has 1 aliphatic rings. The number of amides is 1. The number of hydrogen-bond donors (Lipinski definition) is 1. The van der Waals surface area contributed by atoms with E-state index in [1.807, 2.05) is 24.3 Å². The summed E-state index contributed by atoms with van der Waals surface area (Å²) in [6.45, 7) is 7.21. The Morgan fingerprint density at radius 2 is 1.94 bits per heavy atom. The summed E-state index contributed by atoms with van der Waals surface area (Å²) in [4.78, 5) is 24.1. The van der Waals surface area contributed by atoms with Crippen LogP contribution in [0.1, 0.15) is 42.8 Å². The summed E-state index contributed by atoms with van der Waals surface area (Å²) in [5.41, 5.74) is 2.96. The number of piperidine rings is 1. The smallest absolute Gasteiger partial charge is 0.287 e. The summed E-state index contributed by atoms with van der Waals surface area (Å²) in [7, 11) is 0. The number of rotatable bonds is 7. The highest BCUT2D eigenvalue weighted by atomic mass is 32.2. The molecule has 1 saturated heterocycles. The number of aromatic nitrogens is 2. The van der Waals surface area contributed by atoms with Crippen molar-refractivity contribution in [2.45, 2.75) is 43.6 Å². The Bertz CT molecular complexity index is 1050. The van der Waals surface area contributed by atoms with Crippen LogP contribution in [0.25, 0.3) is 11.0 Å². The van der Waals surface area contributed by atoms with Gasteiger partial charge >= 0.3 is 0 Å². The fraction of sp³-hybridized carbons (Fsp3) is 0.375. The molecule has 0 spiro atoms. The lowest BCUT2D eigenvalue weighted by Gasteiger charge is -2.31.